The van der Waals surface area contributed by atoms with Crippen molar-refractivity contribution in [3.8, 4) is 0 Å². The minimum absolute atomic E-state index is 0.0746. The van der Waals surface area contributed by atoms with E-state index in [1.165, 1.54) is 23.6 Å². The van der Waals surface area contributed by atoms with E-state index in [2.05, 4.69) is 74.0 Å². The minimum Gasteiger partial charge on any atom is -0.466 e. The maximum absolute atomic E-state index is 11.3. The summed E-state index contributed by atoms with van der Waals surface area (Å²) < 4.78 is 11.3. The topological polar surface area (TPSA) is 35.5 Å². The highest BCUT2D eigenvalue weighted by Gasteiger charge is 2.49. The molecular weight excluding hydrogens is 328 g/mol. The Morgan fingerprint density at radius 3 is 1.84 bits per heavy atom. The van der Waals surface area contributed by atoms with Gasteiger partial charge in [0.2, 0.25) is 0 Å². The zero-order valence-electron chi connectivity index (χ0n) is 15.4. The van der Waals surface area contributed by atoms with Crippen molar-refractivity contribution in [3.63, 3.8) is 0 Å². The zero-order valence-corrected chi connectivity index (χ0v) is 16.4. The van der Waals surface area contributed by atoms with Crippen molar-refractivity contribution in [1.82, 2.24) is 0 Å². The van der Waals surface area contributed by atoms with Crippen LogP contribution >= 0.6 is 0 Å². The third-order valence-electron chi connectivity index (χ3n) is 4.27. The molecule has 0 unspecified atom stereocenters. The molecule has 132 valence electrons. The number of carbonyl (C=O) groups excluding carboxylic acids is 1. The standard InChI is InChI=1S/C21H26O3Si/c1-21(2,3)25(18-12-7-5-8-13-18,19-14-9-6-10-15-19)24-17-11-16-20(22)23-4/h5-16H,17H2,1-4H3. The van der Waals surface area contributed by atoms with E-state index in [0.29, 0.717) is 6.61 Å². The highest BCUT2D eigenvalue weighted by molar-refractivity contribution is 6.99. The van der Waals surface area contributed by atoms with E-state index in [0.717, 1.165) is 0 Å². The maximum Gasteiger partial charge on any atom is 0.330 e. The van der Waals surface area contributed by atoms with Crippen LogP contribution < -0.4 is 10.4 Å². The molecule has 4 heteroatoms. The second-order valence-corrected chi connectivity index (χ2v) is 11.2. The molecule has 0 spiro atoms. The van der Waals surface area contributed by atoms with E-state index < -0.39 is 8.32 Å². The summed E-state index contributed by atoms with van der Waals surface area (Å²) in [5.74, 6) is -0.369. The molecule has 0 saturated carbocycles. The monoisotopic (exact) mass is 354 g/mol. The molecule has 0 atom stereocenters. The molecule has 2 rings (SSSR count). The van der Waals surface area contributed by atoms with Crippen LogP contribution in [0.1, 0.15) is 20.8 Å². The minimum atomic E-state index is -2.53. The lowest BCUT2D eigenvalue weighted by molar-refractivity contribution is -0.134. The Bertz CT molecular complexity index is 663. The summed E-state index contributed by atoms with van der Waals surface area (Å²) in [6.07, 6.45) is 3.14. The molecule has 0 aliphatic carbocycles. The summed E-state index contributed by atoms with van der Waals surface area (Å²) in [4.78, 5) is 11.3. The molecule has 0 amide bonds. The Morgan fingerprint density at radius 1 is 0.960 bits per heavy atom. The molecule has 2 aromatic carbocycles. The van der Waals surface area contributed by atoms with Crippen molar-refractivity contribution >= 4 is 24.7 Å². The van der Waals surface area contributed by atoms with Gasteiger partial charge in [0.25, 0.3) is 8.32 Å². The lowest BCUT2D eigenvalue weighted by Gasteiger charge is -2.42. The van der Waals surface area contributed by atoms with Crippen LogP contribution in [0, 0.1) is 0 Å². The third kappa shape index (κ3) is 4.27. The third-order valence-corrected chi connectivity index (χ3v) is 9.27. The van der Waals surface area contributed by atoms with Gasteiger partial charge in [-0.15, -0.1) is 0 Å². The molecule has 0 fully saturated rings. The van der Waals surface area contributed by atoms with Crippen LogP contribution in [0.5, 0.6) is 0 Å². The number of hydrogen-bond acceptors (Lipinski definition) is 3. The van der Waals surface area contributed by atoms with E-state index in [1.807, 2.05) is 12.1 Å². The van der Waals surface area contributed by atoms with Crippen LogP contribution in [0.2, 0.25) is 5.04 Å². The van der Waals surface area contributed by atoms with Crippen molar-refractivity contribution in [3.05, 3.63) is 72.8 Å². The molecule has 25 heavy (non-hydrogen) atoms. The van der Waals surface area contributed by atoms with Crippen molar-refractivity contribution in [2.75, 3.05) is 13.7 Å². The fraction of sp³-hybridized carbons (Fsp3) is 0.286. The van der Waals surface area contributed by atoms with Crippen LogP contribution in [0.4, 0.5) is 0 Å². The van der Waals surface area contributed by atoms with E-state index >= 15 is 0 Å². The van der Waals surface area contributed by atoms with Gasteiger partial charge in [0.15, 0.2) is 0 Å². The van der Waals surface area contributed by atoms with Crippen LogP contribution in [0.25, 0.3) is 0 Å². The summed E-state index contributed by atoms with van der Waals surface area (Å²) >= 11 is 0. The van der Waals surface area contributed by atoms with E-state index in [4.69, 9.17) is 4.43 Å². The zero-order chi connectivity index (χ0) is 18.3. The molecule has 0 aliphatic heterocycles. The Kier molecular flexibility index (Phi) is 6.34. The summed E-state index contributed by atoms with van der Waals surface area (Å²) in [6.45, 7) is 7.04. The Balaban J connectivity index is 2.49. The average Bonchev–Trinajstić information content (AvgIpc) is 2.62. The van der Waals surface area contributed by atoms with E-state index in [9.17, 15) is 4.79 Å². The largest absolute Gasteiger partial charge is 0.466 e. The lowest BCUT2D eigenvalue weighted by atomic mass is 10.2. The molecule has 0 aromatic heterocycles. The first-order valence-corrected chi connectivity index (χ1v) is 10.3. The average molecular weight is 355 g/mol. The van der Waals surface area contributed by atoms with Crippen molar-refractivity contribution in [2.24, 2.45) is 0 Å². The summed E-state index contributed by atoms with van der Waals surface area (Å²) in [5, 5.41) is 2.37. The van der Waals surface area contributed by atoms with Gasteiger partial charge in [-0.2, -0.15) is 0 Å². The molecule has 0 N–H and O–H groups in total. The van der Waals surface area contributed by atoms with Crippen LogP contribution in [0.15, 0.2) is 72.8 Å². The van der Waals surface area contributed by atoms with E-state index in [1.54, 1.807) is 6.08 Å². The number of esters is 1. The summed E-state index contributed by atoms with van der Waals surface area (Å²) in [7, 11) is -1.16. The fourth-order valence-corrected chi connectivity index (χ4v) is 7.65. The molecule has 3 nitrogen and oxygen atoms in total. The van der Waals surface area contributed by atoms with Crippen molar-refractivity contribution < 1.29 is 14.0 Å². The van der Waals surface area contributed by atoms with Gasteiger partial charge in [-0.25, -0.2) is 4.79 Å². The number of benzene rings is 2. The van der Waals surface area contributed by atoms with Gasteiger partial charge in [-0.05, 0) is 15.4 Å². The second-order valence-electron chi connectivity index (χ2n) is 6.90. The smallest absolute Gasteiger partial charge is 0.330 e. The van der Waals surface area contributed by atoms with Gasteiger partial charge in [-0.1, -0.05) is 87.5 Å². The van der Waals surface area contributed by atoms with Gasteiger partial charge < -0.3 is 9.16 Å². The summed E-state index contributed by atoms with van der Waals surface area (Å²) in [6, 6.07) is 20.9. The molecule has 0 saturated heterocycles. The lowest BCUT2D eigenvalue weighted by Crippen LogP contribution is -2.66. The normalized spacial score (nSPS) is 12.3. The first-order valence-electron chi connectivity index (χ1n) is 8.41. The predicted octanol–water partition coefficient (Wildman–Crippen LogP) is 3.29. The molecule has 0 bridgehead atoms. The molecule has 0 heterocycles. The number of hydrogen-bond donors (Lipinski definition) is 0. The quantitative estimate of drug-likeness (QED) is 0.454. The highest BCUT2D eigenvalue weighted by Crippen LogP contribution is 2.36. The number of carbonyl (C=O) groups is 1. The van der Waals surface area contributed by atoms with Crippen molar-refractivity contribution in [1.29, 1.82) is 0 Å². The number of rotatable bonds is 6. The second kappa shape index (κ2) is 8.27. The first kappa shape index (κ1) is 19.2. The van der Waals surface area contributed by atoms with Crippen molar-refractivity contribution in [2.45, 2.75) is 25.8 Å². The molecule has 2 aromatic rings. The highest BCUT2D eigenvalue weighted by atomic mass is 28.4. The van der Waals surface area contributed by atoms with Gasteiger partial charge in [0.1, 0.15) is 0 Å². The summed E-state index contributed by atoms with van der Waals surface area (Å²) in [5.41, 5.74) is 0. The number of methoxy groups -OCH3 is 1. The Labute approximate surface area is 151 Å². The Hall–Kier alpha value is -2.17. The SMILES string of the molecule is COC(=O)C=CCO[Si](c1ccccc1)(c1ccccc1)C(C)(C)C. The van der Waals surface area contributed by atoms with E-state index in [-0.39, 0.29) is 11.0 Å². The molecule has 0 radical (unpaired) electrons. The predicted molar refractivity (Wildman–Crippen MR) is 105 cm³/mol. The van der Waals surface area contributed by atoms with Crippen LogP contribution in [-0.4, -0.2) is 28.0 Å². The van der Waals surface area contributed by atoms with Crippen LogP contribution in [0.3, 0.4) is 0 Å². The molecular formula is C21H26O3Si. The Morgan fingerprint density at radius 2 is 1.44 bits per heavy atom. The molecule has 0 aliphatic rings. The van der Waals surface area contributed by atoms with Gasteiger partial charge in [0.05, 0.1) is 13.7 Å². The van der Waals surface area contributed by atoms with Gasteiger partial charge in [0, 0.05) is 6.08 Å². The first-order chi connectivity index (χ1) is 11.9. The van der Waals surface area contributed by atoms with Gasteiger partial charge in [-0.3, -0.25) is 0 Å². The fourth-order valence-electron chi connectivity index (χ4n) is 3.15. The maximum atomic E-state index is 11.3. The number of ether oxygens (including phenoxy) is 1. The van der Waals surface area contributed by atoms with Gasteiger partial charge >= 0.3 is 5.97 Å². The van der Waals surface area contributed by atoms with Crippen LogP contribution in [-0.2, 0) is 14.0 Å².